The number of piperidine rings is 1. The van der Waals surface area contributed by atoms with Crippen molar-refractivity contribution in [2.75, 3.05) is 7.05 Å². The number of aliphatic hydroxyl groups excluding tert-OH is 1. The second kappa shape index (κ2) is 9.31. The van der Waals surface area contributed by atoms with Gasteiger partial charge in [0.1, 0.15) is 0 Å². The molecule has 2 aromatic carbocycles. The third-order valence-electron chi connectivity index (χ3n) is 5.46. The van der Waals surface area contributed by atoms with Crippen LogP contribution in [0.4, 0.5) is 0 Å². The monoisotopic (exact) mass is 373 g/mol. The number of hydrogen-bond acceptors (Lipinski definition) is 3. The molecule has 0 aliphatic carbocycles. The average molecular weight is 374 g/mol. The van der Waals surface area contributed by atoms with Gasteiger partial charge in [-0.3, -0.25) is 9.69 Å². The van der Waals surface area contributed by atoms with Crippen molar-refractivity contribution in [3.63, 3.8) is 0 Å². The van der Waals surface area contributed by atoms with Crippen LogP contribution in [0.25, 0.3) is 0 Å². The highest BCUT2D eigenvalue weighted by Crippen LogP contribution is 2.37. The lowest BCUT2D eigenvalue weighted by Gasteiger charge is -2.41. The Balaban J connectivity index is 0.00000243. The van der Waals surface area contributed by atoms with Crippen LogP contribution in [-0.4, -0.2) is 28.9 Å². The first-order valence-corrected chi connectivity index (χ1v) is 9.12. The number of aliphatic hydroxyl groups is 1. The zero-order valence-corrected chi connectivity index (χ0v) is 16.3. The van der Waals surface area contributed by atoms with E-state index in [-0.39, 0.29) is 24.2 Å². The summed E-state index contributed by atoms with van der Waals surface area (Å²) >= 11 is 0. The topological polar surface area (TPSA) is 40.5 Å². The summed E-state index contributed by atoms with van der Waals surface area (Å²) in [7, 11) is 2.13. The van der Waals surface area contributed by atoms with Crippen molar-refractivity contribution in [1.82, 2.24) is 4.90 Å². The largest absolute Gasteiger partial charge is 0.388 e. The number of ketones is 1. The normalized spacial score (nSPS) is 21.7. The SMILES string of the molecule is CC(=O)c1ccccc1C1CCCC(CC(O)c2ccccc2)N1C.Cl. The Bertz CT molecular complexity index is 719. The highest BCUT2D eigenvalue weighted by molar-refractivity contribution is 5.95. The third-order valence-corrected chi connectivity index (χ3v) is 5.46. The van der Waals surface area contributed by atoms with E-state index >= 15 is 0 Å². The molecule has 0 bridgehead atoms. The molecule has 1 N–H and O–H groups in total. The predicted molar refractivity (Wildman–Crippen MR) is 108 cm³/mol. The molecule has 140 valence electrons. The number of likely N-dealkylation sites (tertiary alicyclic amines) is 1. The maximum atomic E-state index is 12.0. The molecular weight excluding hydrogens is 346 g/mol. The first-order valence-electron chi connectivity index (χ1n) is 9.12. The van der Waals surface area contributed by atoms with Crippen LogP contribution in [-0.2, 0) is 0 Å². The van der Waals surface area contributed by atoms with Crippen molar-refractivity contribution < 1.29 is 9.90 Å². The maximum Gasteiger partial charge on any atom is 0.160 e. The van der Waals surface area contributed by atoms with Gasteiger partial charge in [-0.25, -0.2) is 0 Å². The number of benzene rings is 2. The van der Waals surface area contributed by atoms with Gasteiger partial charge < -0.3 is 5.11 Å². The molecule has 1 saturated heterocycles. The molecule has 0 radical (unpaired) electrons. The van der Waals surface area contributed by atoms with Gasteiger partial charge in [-0.2, -0.15) is 0 Å². The molecule has 3 rings (SSSR count). The Labute approximate surface area is 162 Å². The Hall–Kier alpha value is -1.68. The Morgan fingerprint density at radius 3 is 2.46 bits per heavy atom. The number of carbonyl (C=O) groups is 1. The number of Topliss-reactive ketones (excluding diaryl/α,β-unsaturated/α-hetero) is 1. The zero-order chi connectivity index (χ0) is 17.8. The van der Waals surface area contributed by atoms with Gasteiger partial charge in [0.05, 0.1) is 6.10 Å². The summed E-state index contributed by atoms with van der Waals surface area (Å²) in [6.45, 7) is 1.64. The van der Waals surface area contributed by atoms with E-state index in [9.17, 15) is 9.90 Å². The molecule has 3 atom stereocenters. The first kappa shape index (κ1) is 20.6. The maximum absolute atomic E-state index is 12.0. The summed E-state index contributed by atoms with van der Waals surface area (Å²) in [4.78, 5) is 14.4. The van der Waals surface area contributed by atoms with E-state index in [2.05, 4.69) is 18.0 Å². The highest BCUT2D eigenvalue weighted by Gasteiger charge is 2.31. The summed E-state index contributed by atoms with van der Waals surface area (Å²) in [5, 5.41) is 10.6. The van der Waals surface area contributed by atoms with Crippen molar-refractivity contribution in [2.45, 2.75) is 50.8 Å². The van der Waals surface area contributed by atoms with E-state index in [1.54, 1.807) is 6.92 Å². The van der Waals surface area contributed by atoms with Crippen LogP contribution < -0.4 is 0 Å². The summed E-state index contributed by atoms with van der Waals surface area (Å²) in [5.41, 5.74) is 2.92. The van der Waals surface area contributed by atoms with Crippen molar-refractivity contribution in [3.05, 3.63) is 71.3 Å². The van der Waals surface area contributed by atoms with Crippen LogP contribution in [0.2, 0.25) is 0 Å². The molecule has 26 heavy (non-hydrogen) atoms. The smallest absolute Gasteiger partial charge is 0.160 e. The average Bonchev–Trinajstić information content (AvgIpc) is 2.64. The van der Waals surface area contributed by atoms with Gasteiger partial charge in [-0.15, -0.1) is 12.4 Å². The zero-order valence-electron chi connectivity index (χ0n) is 15.5. The van der Waals surface area contributed by atoms with Crippen LogP contribution >= 0.6 is 12.4 Å². The molecule has 4 heteroatoms. The molecule has 0 aromatic heterocycles. The van der Waals surface area contributed by atoms with Gasteiger partial charge in [-0.05, 0) is 50.8 Å². The number of hydrogen-bond donors (Lipinski definition) is 1. The van der Waals surface area contributed by atoms with E-state index in [0.29, 0.717) is 6.04 Å². The van der Waals surface area contributed by atoms with Gasteiger partial charge >= 0.3 is 0 Å². The molecule has 2 aromatic rings. The molecule has 0 saturated carbocycles. The van der Waals surface area contributed by atoms with Gasteiger partial charge in [0.15, 0.2) is 5.78 Å². The van der Waals surface area contributed by atoms with Crippen LogP contribution in [0.1, 0.15) is 66.2 Å². The van der Waals surface area contributed by atoms with E-state index in [1.807, 2.05) is 48.5 Å². The Kier molecular flexibility index (Phi) is 7.39. The number of rotatable bonds is 5. The van der Waals surface area contributed by atoms with Gasteiger partial charge in [0, 0.05) is 17.6 Å². The van der Waals surface area contributed by atoms with Gasteiger partial charge in [0.2, 0.25) is 0 Å². The third kappa shape index (κ3) is 4.53. The Morgan fingerprint density at radius 1 is 1.12 bits per heavy atom. The summed E-state index contributed by atoms with van der Waals surface area (Å²) in [6.07, 6.45) is 3.53. The summed E-state index contributed by atoms with van der Waals surface area (Å²) < 4.78 is 0. The molecule has 0 spiro atoms. The minimum absolute atomic E-state index is 0. The van der Waals surface area contributed by atoms with Gasteiger partial charge in [0.25, 0.3) is 0 Å². The lowest BCUT2D eigenvalue weighted by atomic mass is 9.86. The molecule has 3 nitrogen and oxygen atoms in total. The summed E-state index contributed by atoms with van der Waals surface area (Å²) in [6, 6.07) is 18.4. The quantitative estimate of drug-likeness (QED) is 0.753. The van der Waals surface area contributed by atoms with E-state index in [1.165, 1.54) is 0 Å². The molecule has 1 aliphatic heterocycles. The molecule has 1 heterocycles. The van der Waals surface area contributed by atoms with E-state index < -0.39 is 6.10 Å². The van der Waals surface area contributed by atoms with Crippen molar-refractivity contribution in [1.29, 1.82) is 0 Å². The minimum Gasteiger partial charge on any atom is -0.388 e. The Morgan fingerprint density at radius 2 is 1.77 bits per heavy atom. The van der Waals surface area contributed by atoms with Crippen molar-refractivity contribution in [2.24, 2.45) is 0 Å². The van der Waals surface area contributed by atoms with Crippen molar-refractivity contribution in [3.8, 4) is 0 Å². The first-order chi connectivity index (χ1) is 12.1. The number of halogens is 1. The van der Waals surface area contributed by atoms with E-state index in [0.717, 1.165) is 42.4 Å². The van der Waals surface area contributed by atoms with Crippen molar-refractivity contribution >= 4 is 18.2 Å². The van der Waals surface area contributed by atoms with Crippen LogP contribution in [0.15, 0.2) is 54.6 Å². The summed E-state index contributed by atoms with van der Waals surface area (Å²) in [5.74, 6) is 0.121. The fraction of sp³-hybridized carbons (Fsp3) is 0.409. The number of nitrogens with zero attached hydrogens (tertiary/aromatic N) is 1. The number of carbonyl (C=O) groups excluding carboxylic acids is 1. The standard InChI is InChI=1S/C22H27NO2.ClH/c1-16(24)19-12-6-7-13-20(19)21-14-8-11-18(23(21)2)15-22(25)17-9-4-3-5-10-17;/h3-7,9-10,12-13,18,21-22,25H,8,11,14-15H2,1-2H3;1H. The fourth-order valence-corrected chi connectivity index (χ4v) is 4.04. The van der Waals surface area contributed by atoms with Crippen LogP contribution in [0, 0.1) is 0 Å². The van der Waals surface area contributed by atoms with E-state index in [4.69, 9.17) is 0 Å². The second-order valence-electron chi connectivity index (χ2n) is 7.07. The molecule has 1 aliphatic rings. The predicted octanol–water partition coefficient (Wildman–Crippen LogP) is 4.96. The molecule has 1 fully saturated rings. The lowest BCUT2D eigenvalue weighted by Crippen LogP contribution is -2.40. The van der Waals surface area contributed by atoms with Crippen LogP contribution in [0.5, 0.6) is 0 Å². The van der Waals surface area contributed by atoms with Crippen LogP contribution in [0.3, 0.4) is 0 Å². The second-order valence-corrected chi connectivity index (χ2v) is 7.07. The fourth-order valence-electron chi connectivity index (χ4n) is 4.04. The molecule has 3 unspecified atom stereocenters. The molecular formula is C22H28ClNO2. The molecule has 0 amide bonds. The lowest BCUT2D eigenvalue weighted by molar-refractivity contribution is 0.0605. The van der Waals surface area contributed by atoms with Gasteiger partial charge in [-0.1, -0.05) is 54.6 Å². The highest BCUT2D eigenvalue weighted by atomic mass is 35.5. The minimum atomic E-state index is -0.449.